The molecule has 0 bridgehead atoms. The maximum atomic E-state index is 11.7. The monoisotopic (exact) mass is 568 g/mol. The van der Waals surface area contributed by atoms with E-state index in [-0.39, 0.29) is 71.3 Å². The highest BCUT2D eigenvalue weighted by atomic mass is 16.5. The summed E-state index contributed by atoms with van der Waals surface area (Å²) in [7, 11) is 0. The van der Waals surface area contributed by atoms with E-state index in [0.29, 0.717) is 11.1 Å². The molecule has 214 valence electrons. The van der Waals surface area contributed by atoms with Crippen LogP contribution >= 0.6 is 0 Å². The van der Waals surface area contributed by atoms with Crippen molar-refractivity contribution in [3.63, 3.8) is 0 Å². The second kappa shape index (κ2) is 18.7. The molecule has 0 aliphatic rings. The first-order chi connectivity index (χ1) is 19.8. The van der Waals surface area contributed by atoms with Crippen molar-refractivity contribution >= 4 is 5.97 Å². The van der Waals surface area contributed by atoms with E-state index in [9.17, 15) is 9.90 Å². The molecule has 0 aliphatic carbocycles. The maximum absolute atomic E-state index is 11.7. The van der Waals surface area contributed by atoms with Crippen molar-refractivity contribution in [1.82, 2.24) is 0 Å². The zero-order valence-corrected chi connectivity index (χ0v) is 21.5. The van der Waals surface area contributed by atoms with Crippen LogP contribution < -0.4 is 0 Å². The fraction of sp³-hybridized carbons (Fsp3) is 0.632. The minimum Gasteiger partial charge on any atom is -0.478 e. The van der Waals surface area contributed by atoms with Crippen molar-refractivity contribution < 1.29 is 19.4 Å². The number of carboxylic acid groups (broad SMARTS) is 1. The van der Waals surface area contributed by atoms with Crippen LogP contribution in [0.3, 0.4) is 0 Å². The summed E-state index contributed by atoms with van der Waals surface area (Å²) in [5.74, 6) is -1.22. The van der Waals surface area contributed by atoms with Gasteiger partial charge < -0.3 is 14.6 Å². The zero-order chi connectivity index (χ0) is 30.4. The number of ether oxygens (including phenoxy) is 2. The van der Waals surface area contributed by atoms with Crippen molar-refractivity contribution in [2.24, 2.45) is 41.5 Å². The van der Waals surface area contributed by atoms with Gasteiger partial charge in [0.25, 0.3) is 0 Å². The van der Waals surface area contributed by atoms with Gasteiger partial charge in [-0.05, 0) is 56.4 Å². The van der Waals surface area contributed by atoms with Crippen LogP contribution in [0.4, 0.5) is 0 Å². The van der Waals surface area contributed by atoms with Gasteiger partial charge in [0, 0.05) is 79.6 Å². The molecule has 0 heterocycles. The van der Waals surface area contributed by atoms with Gasteiger partial charge in [-0.25, -0.2) is 4.79 Å². The molecule has 0 aliphatic heterocycles. The Kier molecular flexibility index (Phi) is 15.3. The van der Waals surface area contributed by atoms with E-state index in [1.54, 1.807) is 6.07 Å². The molecule has 0 saturated heterocycles. The summed E-state index contributed by atoms with van der Waals surface area (Å²) >= 11 is 0. The molecular formula is C19H24N18O4. The van der Waals surface area contributed by atoms with E-state index in [1.165, 1.54) is 12.1 Å². The maximum Gasteiger partial charge on any atom is 0.335 e. The Bertz CT molecular complexity index is 1150. The van der Waals surface area contributed by atoms with Crippen LogP contribution in [0.5, 0.6) is 0 Å². The lowest BCUT2D eigenvalue weighted by Crippen LogP contribution is -2.36. The number of carbonyl (C=O) groups is 1. The quantitative estimate of drug-likeness (QED) is 0.102. The highest BCUT2D eigenvalue weighted by Gasteiger charge is 2.30. The first kappa shape index (κ1) is 33.5. The number of carboxylic acids is 1. The number of rotatable bonds is 21. The fourth-order valence-corrected chi connectivity index (χ4v) is 3.49. The predicted molar refractivity (Wildman–Crippen MR) is 142 cm³/mol. The van der Waals surface area contributed by atoms with E-state index < -0.39 is 16.8 Å². The highest BCUT2D eigenvalue weighted by Crippen LogP contribution is 2.24. The molecule has 0 amide bonds. The summed E-state index contributed by atoms with van der Waals surface area (Å²) in [5, 5.41) is 30.5. The Balaban J connectivity index is 3.15. The van der Waals surface area contributed by atoms with Crippen LogP contribution in [0, 0.1) is 10.8 Å². The smallest absolute Gasteiger partial charge is 0.335 e. The average Bonchev–Trinajstić information content (AvgIpc) is 2.98. The van der Waals surface area contributed by atoms with Crippen LogP contribution in [0.15, 0.2) is 48.9 Å². The van der Waals surface area contributed by atoms with Gasteiger partial charge in [0.1, 0.15) is 0 Å². The molecule has 1 aromatic rings. The van der Waals surface area contributed by atoms with E-state index in [1.807, 2.05) is 0 Å². The van der Waals surface area contributed by atoms with Crippen molar-refractivity contribution in [3.05, 3.63) is 97.5 Å². The van der Waals surface area contributed by atoms with Gasteiger partial charge in [-0.2, -0.15) is 0 Å². The fourth-order valence-electron chi connectivity index (χ4n) is 3.49. The number of nitrogens with zero attached hydrogens (tertiary/aromatic N) is 18. The summed E-state index contributed by atoms with van der Waals surface area (Å²) in [5.41, 5.74) is 50.9. The van der Waals surface area contributed by atoms with Gasteiger partial charge in [0.2, 0.25) is 0 Å². The third-order valence-corrected chi connectivity index (χ3v) is 5.47. The summed E-state index contributed by atoms with van der Waals surface area (Å²) < 4.78 is 11.5. The number of benzene rings is 1. The predicted octanol–water partition coefficient (Wildman–Crippen LogP) is 6.25. The van der Waals surface area contributed by atoms with Gasteiger partial charge >= 0.3 is 5.97 Å². The van der Waals surface area contributed by atoms with Crippen LogP contribution in [0.1, 0.15) is 21.5 Å². The summed E-state index contributed by atoms with van der Waals surface area (Å²) in [6, 6.07) is 4.35. The molecule has 0 spiro atoms. The topological polar surface area (TPSA) is 348 Å². The van der Waals surface area contributed by atoms with E-state index in [2.05, 4.69) is 60.2 Å². The summed E-state index contributed by atoms with van der Waals surface area (Å²) in [4.78, 5) is 27.9. The molecule has 0 saturated carbocycles. The molecule has 0 aromatic heterocycles. The molecule has 22 nitrogen and oxygen atoms in total. The first-order valence-corrected chi connectivity index (χ1v) is 11.4. The Morgan fingerprint density at radius 2 is 0.902 bits per heavy atom. The van der Waals surface area contributed by atoms with Gasteiger partial charge in [-0.3, -0.25) is 0 Å². The van der Waals surface area contributed by atoms with Gasteiger partial charge in [-0.1, -0.05) is 36.8 Å². The van der Waals surface area contributed by atoms with Crippen molar-refractivity contribution in [1.29, 1.82) is 0 Å². The number of aromatic carboxylic acids is 1. The van der Waals surface area contributed by atoms with Gasteiger partial charge in [0.15, 0.2) is 0 Å². The van der Waals surface area contributed by atoms with Gasteiger partial charge in [-0.15, -0.1) is 0 Å². The second-order valence-electron chi connectivity index (χ2n) is 8.66. The lowest BCUT2D eigenvalue weighted by atomic mass is 9.89. The van der Waals surface area contributed by atoms with Crippen LogP contribution in [0.25, 0.3) is 62.7 Å². The Morgan fingerprint density at radius 1 is 0.610 bits per heavy atom. The Labute approximate surface area is 230 Å². The number of hydrogen-bond acceptors (Lipinski definition) is 9. The summed E-state index contributed by atoms with van der Waals surface area (Å²) in [6.45, 7) is -1.73. The molecule has 0 fully saturated rings. The van der Waals surface area contributed by atoms with Crippen LogP contribution in [-0.2, 0) is 22.7 Å². The van der Waals surface area contributed by atoms with Crippen molar-refractivity contribution in [3.8, 4) is 0 Å². The number of azide groups is 6. The highest BCUT2D eigenvalue weighted by molar-refractivity contribution is 5.88. The molecule has 0 radical (unpaired) electrons. The van der Waals surface area contributed by atoms with Crippen molar-refractivity contribution in [2.75, 3.05) is 52.5 Å². The minimum atomic E-state index is -1.22. The standard InChI is InChI=1S/C19H24N18O4/c20-32-26-6-18(7-27-33-21,8-28-34-22)12-40-4-14-1-15(3-16(2-14)17(38)39)5-41-13-19(9-29-35-23,10-30-36-24)11-31-37-25/h1-3H,4-13H2,(H,38,39). The molecule has 1 aromatic carbocycles. The van der Waals surface area contributed by atoms with E-state index in [4.69, 9.17) is 42.7 Å². The lowest BCUT2D eigenvalue weighted by molar-refractivity contribution is 0.0431. The molecule has 0 atom stereocenters. The molecular weight excluding hydrogens is 544 g/mol. The van der Waals surface area contributed by atoms with E-state index >= 15 is 0 Å². The Morgan fingerprint density at radius 3 is 1.15 bits per heavy atom. The average molecular weight is 569 g/mol. The van der Waals surface area contributed by atoms with Crippen LogP contribution in [0.2, 0.25) is 0 Å². The SMILES string of the molecule is [N-]=[N+]=NCC(CN=[N+]=[N-])(CN=[N+]=[N-])COCc1cc(COCC(CN=[N+]=[N-])(CN=[N+]=[N-])CN=[N+]=[N-])cc(C(=O)O)c1. The first-order valence-electron chi connectivity index (χ1n) is 11.4. The normalized spacial score (nSPS) is 12.7. The number of hydrogen-bond donors (Lipinski definition) is 1. The van der Waals surface area contributed by atoms with Crippen molar-refractivity contribution in [2.45, 2.75) is 13.2 Å². The molecule has 41 heavy (non-hydrogen) atoms. The Hall–Kier alpha value is -5.53. The van der Waals surface area contributed by atoms with E-state index in [0.717, 1.165) is 0 Å². The molecule has 1 rings (SSSR count). The second-order valence-corrected chi connectivity index (χ2v) is 8.66. The largest absolute Gasteiger partial charge is 0.478 e. The zero-order valence-electron chi connectivity index (χ0n) is 21.5. The molecule has 1 N–H and O–H groups in total. The van der Waals surface area contributed by atoms with Gasteiger partial charge in [0.05, 0.1) is 32.0 Å². The summed E-state index contributed by atoms with van der Waals surface area (Å²) in [6.07, 6.45) is 0. The minimum absolute atomic E-state index is 0.0725. The molecule has 22 heteroatoms. The molecule has 0 unspecified atom stereocenters. The third kappa shape index (κ3) is 12.2. The third-order valence-electron chi connectivity index (χ3n) is 5.47. The van der Waals surface area contributed by atoms with Crippen LogP contribution in [-0.4, -0.2) is 63.6 Å². The lowest BCUT2D eigenvalue weighted by Gasteiger charge is -2.29.